The Kier molecular flexibility index (Phi) is 2.74. The summed E-state index contributed by atoms with van der Waals surface area (Å²) in [7, 11) is 0. The number of allylic oxidation sites excluding steroid dienone is 2. The first-order chi connectivity index (χ1) is 7.83. The van der Waals surface area contributed by atoms with Crippen LogP contribution in [0.25, 0.3) is 0 Å². The molecule has 2 heteroatoms. The van der Waals surface area contributed by atoms with Gasteiger partial charge in [0.1, 0.15) is 0 Å². The summed E-state index contributed by atoms with van der Waals surface area (Å²) in [5.74, 6) is 2.33. The number of piperidine rings is 1. The quantitative estimate of drug-likeness (QED) is 0.621. The minimum absolute atomic E-state index is 0.277. The number of fused-ring (bicyclic) bond motifs is 2. The Morgan fingerprint density at radius 3 is 2.31 bits per heavy atom. The van der Waals surface area contributed by atoms with E-state index >= 15 is 0 Å². The van der Waals surface area contributed by atoms with Crippen molar-refractivity contribution in [3.63, 3.8) is 0 Å². The fourth-order valence-electron chi connectivity index (χ4n) is 3.69. The molecule has 1 saturated carbocycles. The number of amides is 1. The molecule has 2 fully saturated rings. The van der Waals surface area contributed by atoms with E-state index < -0.39 is 0 Å². The fraction of sp³-hybridized carbons (Fsp3) is 0.786. The summed E-state index contributed by atoms with van der Waals surface area (Å²) in [5, 5.41) is 0. The Hall–Kier alpha value is -0.790. The van der Waals surface area contributed by atoms with Gasteiger partial charge in [0, 0.05) is 19.0 Å². The van der Waals surface area contributed by atoms with E-state index in [1.807, 2.05) is 0 Å². The van der Waals surface area contributed by atoms with E-state index in [0.29, 0.717) is 5.91 Å². The fourth-order valence-corrected chi connectivity index (χ4v) is 3.69. The van der Waals surface area contributed by atoms with Gasteiger partial charge in [0.25, 0.3) is 0 Å². The van der Waals surface area contributed by atoms with Crippen LogP contribution in [0.5, 0.6) is 0 Å². The molecular formula is C14H21NO. The molecular weight excluding hydrogens is 198 g/mol. The molecule has 3 rings (SSSR count). The standard InChI is InChI=1S/C14H21NO/c16-14(13-6-1-2-7-13)15-9-11-4-3-5-12(8-11)10-15/h1-2,11-13H,3-10H2. The van der Waals surface area contributed by atoms with Crippen LogP contribution in [0, 0.1) is 17.8 Å². The van der Waals surface area contributed by atoms with Crippen LogP contribution < -0.4 is 0 Å². The van der Waals surface area contributed by atoms with Crippen LogP contribution in [0.4, 0.5) is 0 Å². The summed E-state index contributed by atoms with van der Waals surface area (Å²) >= 11 is 0. The maximum atomic E-state index is 12.3. The number of hydrogen-bond donors (Lipinski definition) is 0. The monoisotopic (exact) mass is 219 g/mol. The highest BCUT2D eigenvalue weighted by atomic mass is 16.2. The molecule has 0 spiro atoms. The average molecular weight is 219 g/mol. The van der Waals surface area contributed by atoms with Crippen LogP contribution in [-0.2, 0) is 4.79 Å². The minimum atomic E-state index is 0.277. The van der Waals surface area contributed by atoms with Crippen molar-refractivity contribution in [1.29, 1.82) is 0 Å². The van der Waals surface area contributed by atoms with Crippen molar-refractivity contribution >= 4 is 5.91 Å². The molecule has 2 unspecified atom stereocenters. The highest BCUT2D eigenvalue weighted by Gasteiger charge is 2.34. The van der Waals surface area contributed by atoms with Gasteiger partial charge in [0.05, 0.1) is 0 Å². The SMILES string of the molecule is O=C(C1CC=CC1)N1CC2CCCC(C2)C1. The van der Waals surface area contributed by atoms with Gasteiger partial charge in [-0.1, -0.05) is 18.6 Å². The highest BCUT2D eigenvalue weighted by molar-refractivity contribution is 5.79. The van der Waals surface area contributed by atoms with Gasteiger partial charge in [-0.25, -0.2) is 0 Å². The summed E-state index contributed by atoms with van der Waals surface area (Å²) in [6, 6.07) is 0. The molecule has 2 aliphatic carbocycles. The maximum Gasteiger partial charge on any atom is 0.226 e. The predicted molar refractivity (Wildman–Crippen MR) is 63.9 cm³/mol. The molecule has 2 atom stereocenters. The summed E-state index contributed by atoms with van der Waals surface area (Å²) in [5.41, 5.74) is 0. The van der Waals surface area contributed by atoms with E-state index in [9.17, 15) is 4.79 Å². The van der Waals surface area contributed by atoms with E-state index in [-0.39, 0.29) is 5.92 Å². The van der Waals surface area contributed by atoms with E-state index in [0.717, 1.165) is 37.8 Å². The lowest BCUT2D eigenvalue weighted by molar-refractivity contribution is -0.139. The van der Waals surface area contributed by atoms with E-state index in [1.54, 1.807) is 0 Å². The number of carbonyl (C=O) groups excluding carboxylic acids is 1. The summed E-state index contributed by atoms with van der Waals surface area (Å²) in [4.78, 5) is 14.5. The molecule has 2 bridgehead atoms. The number of carbonyl (C=O) groups is 1. The van der Waals surface area contributed by atoms with E-state index in [4.69, 9.17) is 0 Å². The van der Waals surface area contributed by atoms with E-state index in [2.05, 4.69) is 17.1 Å². The van der Waals surface area contributed by atoms with Gasteiger partial charge in [0.15, 0.2) is 0 Å². The molecule has 0 aromatic heterocycles. The Morgan fingerprint density at radius 1 is 1.06 bits per heavy atom. The first-order valence-corrected chi connectivity index (χ1v) is 6.76. The number of rotatable bonds is 1. The Bertz CT molecular complexity index is 290. The van der Waals surface area contributed by atoms with Crippen LogP contribution in [0.3, 0.4) is 0 Å². The third-order valence-corrected chi connectivity index (χ3v) is 4.52. The van der Waals surface area contributed by atoms with Gasteiger partial charge in [-0.2, -0.15) is 0 Å². The molecule has 0 N–H and O–H groups in total. The summed E-state index contributed by atoms with van der Waals surface area (Å²) in [6.45, 7) is 2.09. The summed E-state index contributed by atoms with van der Waals surface area (Å²) in [6.07, 6.45) is 11.7. The van der Waals surface area contributed by atoms with Crippen molar-refractivity contribution in [3.8, 4) is 0 Å². The second-order valence-corrected chi connectivity index (χ2v) is 5.78. The number of nitrogens with zero attached hydrogens (tertiary/aromatic N) is 1. The van der Waals surface area contributed by atoms with Crippen molar-refractivity contribution < 1.29 is 4.79 Å². The van der Waals surface area contributed by atoms with Crippen LogP contribution >= 0.6 is 0 Å². The molecule has 16 heavy (non-hydrogen) atoms. The lowest BCUT2D eigenvalue weighted by Gasteiger charge is -2.42. The zero-order valence-corrected chi connectivity index (χ0v) is 9.90. The number of hydrogen-bond acceptors (Lipinski definition) is 1. The molecule has 2 nitrogen and oxygen atoms in total. The second-order valence-electron chi connectivity index (χ2n) is 5.78. The molecule has 1 aliphatic heterocycles. The van der Waals surface area contributed by atoms with Crippen molar-refractivity contribution in [2.24, 2.45) is 17.8 Å². The molecule has 3 aliphatic rings. The van der Waals surface area contributed by atoms with Crippen LogP contribution in [-0.4, -0.2) is 23.9 Å². The smallest absolute Gasteiger partial charge is 0.226 e. The molecule has 88 valence electrons. The Balaban J connectivity index is 1.64. The number of likely N-dealkylation sites (tertiary alicyclic amines) is 1. The van der Waals surface area contributed by atoms with Gasteiger partial charge < -0.3 is 4.90 Å². The normalized spacial score (nSPS) is 34.4. The van der Waals surface area contributed by atoms with E-state index in [1.165, 1.54) is 25.7 Å². The lowest BCUT2D eigenvalue weighted by atomic mass is 9.77. The van der Waals surface area contributed by atoms with Gasteiger partial charge in [-0.3, -0.25) is 4.79 Å². The topological polar surface area (TPSA) is 20.3 Å². The van der Waals surface area contributed by atoms with Crippen LogP contribution in [0.1, 0.15) is 38.5 Å². The average Bonchev–Trinajstić information content (AvgIpc) is 2.81. The van der Waals surface area contributed by atoms with Gasteiger partial charge >= 0.3 is 0 Å². The first-order valence-electron chi connectivity index (χ1n) is 6.76. The van der Waals surface area contributed by atoms with Crippen LogP contribution in [0.15, 0.2) is 12.2 Å². The zero-order valence-electron chi connectivity index (χ0n) is 9.90. The van der Waals surface area contributed by atoms with Crippen molar-refractivity contribution in [2.45, 2.75) is 38.5 Å². The predicted octanol–water partition coefficient (Wildman–Crippen LogP) is 2.60. The van der Waals surface area contributed by atoms with Crippen molar-refractivity contribution in [3.05, 3.63) is 12.2 Å². The van der Waals surface area contributed by atoms with Crippen molar-refractivity contribution in [2.75, 3.05) is 13.1 Å². The molecule has 1 amide bonds. The lowest BCUT2D eigenvalue weighted by Crippen LogP contribution is -2.47. The van der Waals surface area contributed by atoms with Crippen molar-refractivity contribution in [1.82, 2.24) is 4.90 Å². The minimum Gasteiger partial charge on any atom is -0.342 e. The van der Waals surface area contributed by atoms with Gasteiger partial charge in [0.2, 0.25) is 5.91 Å². The molecule has 0 aromatic carbocycles. The van der Waals surface area contributed by atoms with Gasteiger partial charge in [-0.15, -0.1) is 0 Å². The largest absolute Gasteiger partial charge is 0.342 e. The third-order valence-electron chi connectivity index (χ3n) is 4.52. The molecule has 1 heterocycles. The highest BCUT2D eigenvalue weighted by Crippen LogP contribution is 2.35. The zero-order chi connectivity index (χ0) is 11.0. The second kappa shape index (κ2) is 4.23. The molecule has 1 saturated heterocycles. The third kappa shape index (κ3) is 1.90. The Labute approximate surface area is 97.7 Å². The first kappa shape index (κ1) is 10.4. The maximum absolute atomic E-state index is 12.3. The van der Waals surface area contributed by atoms with Gasteiger partial charge in [-0.05, 0) is 43.9 Å². The summed E-state index contributed by atoms with van der Waals surface area (Å²) < 4.78 is 0. The molecule has 0 radical (unpaired) electrons. The molecule has 0 aromatic rings. The Morgan fingerprint density at radius 2 is 1.69 bits per heavy atom. The van der Waals surface area contributed by atoms with Crippen LogP contribution in [0.2, 0.25) is 0 Å².